The number of carbonyl (C=O) groups is 2. The molecule has 2 aromatic rings. The minimum atomic E-state index is -0.727. The van der Waals surface area contributed by atoms with Crippen LogP contribution in [0.1, 0.15) is 11.6 Å². The van der Waals surface area contributed by atoms with Gasteiger partial charge in [0, 0.05) is 64.7 Å². The van der Waals surface area contributed by atoms with Crippen LogP contribution in [0.25, 0.3) is 0 Å². The van der Waals surface area contributed by atoms with E-state index in [1.165, 1.54) is 5.69 Å². The molecule has 1 fully saturated rings. The van der Waals surface area contributed by atoms with Crippen LogP contribution in [0.2, 0.25) is 0 Å². The number of amides is 2. The van der Waals surface area contributed by atoms with Gasteiger partial charge in [-0.2, -0.15) is 0 Å². The highest BCUT2D eigenvalue weighted by Crippen LogP contribution is 2.25. The van der Waals surface area contributed by atoms with Crippen LogP contribution in [0.4, 0.5) is 11.4 Å². The maximum absolute atomic E-state index is 12.2. The lowest BCUT2D eigenvalue weighted by molar-refractivity contribution is -0.139. The van der Waals surface area contributed by atoms with Gasteiger partial charge in [-0.1, -0.05) is 30.3 Å². The molecule has 32 heavy (non-hydrogen) atoms. The average Bonchev–Trinajstić information content (AvgIpc) is 2.83. The molecule has 1 saturated heterocycles. The summed E-state index contributed by atoms with van der Waals surface area (Å²) < 4.78 is 0. The summed E-state index contributed by atoms with van der Waals surface area (Å²) in [6.45, 7) is 3.66. The highest BCUT2D eigenvalue weighted by Gasteiger charge is 2.26. The summed E-state index contributed by atoms with van der Waals surface area (Å²) in [7, 11) is 4.00. The summed E-state index contributed by atoms with van der Waals surface area (Å²) in [5.74, 6) is -1.41. The molecule has 3 rings (SSSR count). The van der Waals surface area contributed by atoms with E-state index in [0.29, 0.717) is 6.54 Å². The quantitative estimate of drug-likeness (QED) is 0.529. The fourth-order valence-electron chi connectivity index (χ4n) is 3.90. The molecular weight excluding hydrogens is 406 g/mol. The maximum Gasteiger partial charge on any atom is 0.309 e. The fraction of sp³-hybridized carbons (Fsp3) is 0.417. The van der Waals surface area contributed by atoms with Gasteiger partial charge in [0.2, 0.25) is 0 Å². The molecule has 0 radical (unpaired) electrons. The summed E-state index contributed by atoms with van der Waals surface area (Å²) >= 11 is 0. The van der Waals surface area contributed by atoms with Crippen LogP contribution in [0.3, 0.4) is 0 Å². The van der Waals surface area contributed by atoms with Gasteiger partial charge in [0.15, 0.2) is 0 Å². The number of rotatable bonds is 8. The number of hydrogen-bond donors (Lipinski definition) is 3. The van der Waals surface area contributed by atoms with Crippen molar-refractivity contribution in [1.82, 2.24) is 15.5 Å². The van der Waals surface area contributed by atoms with Crippen LogP contribution >= 0.6 is 0 Å². The fourth-order valence-corrected chi connectivity index (χ4v) is 3.90. The van der Waals surface area contributed by atoms with E-state index in [0.717, 1.165) is 37.4 Å². The van der Waals surface area contributed by atoms with E-state index in [4.69, 9.17) is 5.11 Å². The lowest BCUT2D eigenvalue weighted by Gasteiger charge is -2.40. The van der Waals surface area contributed by atoms with Crippen molar-refractivity contribution < 1.29 is 14.7 Å². The zero-order valence-electron chi connectivity index (χ0n) is 18.8. The standard InChI is InChI=1S/C24H33N5O3/c1-27(2)20-10-8-19(9-11-20)22(18-26-24(32)23(31)25-12-17-30)29-15-13-28(14-16-29)21-6-4-3-5-7-21/h3-11,22,30H,12-18H2,1-2H3,(H,25,31)(H,26,32). The highest BCUT2D eigenvalue weighted by molar-refractivity contribution is 6.35. The van der Waals surface area contributed by atoms with Gasteiger partial charge in [0.25, 0.3) is 0 Å². The van der Waals surface area contributed by atoms with Crippen LogP contribution < -0.4 is 20.4 Å². The number of carbonyl (C=O) groups excluding carboxylic acids is 2. The lowest BCUT2D eigenvalue weighted by Crippen LogP contribution is -2.51. The Kier molecular flexibility index (Phi) is 8.47. The first-order valence-corrected chi connectivity index (χ1v) is 11.0. The predicted octanol–water partition coefficient (Wildman–Crippen LogP) is 0.841. The number of nitrogens with one attached hydrogen (secondary N) is 2. The summed E-state index contributed by atoms with van der Waals surface area (Å²) in [5, 5.41) is 14.0. The Morgan fingerprint density at radius 2 is 1.56 bits per heavy atom. The monoisotopic (exact) mass is 439 g/mol. The van der Waals surface area contributed by atoms with E-state index in [1.54, 1.807) is 0 Å². The summed E-state index contributed by atoms with van der Waals surface area (Å²) in [6, 6.07) is 18.6. The second-order valence-electron chi connectivity index (χ2n) is 8.05. The number of aliphatic hydroxyl groups is 1. The largest absolute Gasteiger partial charge is 0.395 e. The molecule has 0 spiro atoms. The van der Waals surface area contributed by atoms with Gasteiger partial charge >= 0.3 is 11.8 Å². The number of benzene rings is 2. The van der Waals surface area contributed by atoms with Crippen molar-refractivity contribution in [3.05, 3.63) is 60.2 Å². The minimum absolute atomic E-state index is 0.0428. The number of nitrogens with zero attached hydrogens (tertiary/aromatic N) is 3. The van der Waals surface area contributed by atoms with Crippen LogP contribution in [-0.2, 0) is 9.59 Å². The Labute approximate surface area is 189 Å². The molecule has 1 unspecified atom stereocenters. The Morgan fingerprint density at radius 3 is 2.16 bits per heavy atom. The van der Waals surface area contributed by atoms with Crippen molar-refractivity contribution in [2.24, 2.45) is 0 Å². The summed E-state index contributed by atoms with van der Waals surface area (Å²) in [4.78, 5) is 30.9. The van der Waals surface area contributed by atoms with Crippen LogP contribution in [0.15, 0.2) is 54.6 Å². The van der Waals surface area contributed by atoms with Gasteiger partial charge in [-0.15, -0.1) is 0 Å². The van der Waals surface area contributed by atoms with E-state index in [1.807, 2.05) is 37.2 Å². The Morgan fingerprint density at radius 1 is 0.938 bits per heavy atom. The van der Waals surface area contributed by atoms with E-state index in [2.05, 4.69) is 56.8 Å². The molecule has 0 aromatic heterocycles. The first-order valence-electron chi connectivity index (χ1n) is 11.0. The van der Waals surface area contributed by atoms with E-state index in [-0.39, 0.29) is 19.2 Å². The number of aliphatic hydroxyl groups excluding tert-OH is 1. The predicted molar refractivity (Wildman–Crippen MR) is 127 cm³/mol. The van der Waals surface area contributed by atoms with Gasteiger partial charge < -0.3 is 25.5 Å². The maximum atomic E-state index is 12.2. The molecule has 8 nitrogen and oxygen atoms in total. The van der Waals surface area contributed by atoms with Gasteiger partial charge in [-0.05, 0) is 29.8 Å². The molecule has 172 valence electrons. The van der Waals surface area contributed by atoms with Crippen LogP contribution in [0, 0.1) is 0 Å². The third-order valence-corrected chi connectivity index (χ3v) is 5.73. The zero-order chi connectivity index (χ0) is 22.9. The van der Waals surface area contributed by atoms with E-state index >= 15 is 0 Å². The Balaban J connectivity index is 1.69. The molecule has 1 aliphatic rings. The van der Waals surface area contributed by atoms with Crippen molar-refractivity contribution in [3.8, 4) is 0 Å². The van der Waals surface area contributed by atoms with Gasteiger partial charge in [0.1, 0.15) is 0 Å². The van der Waals surface area contributed by atoms with E-state index < -0.39 is 11.8 Å². The topological polar surface area (TPSA) is 88.1 Å². The van der Waals surface area contributed by atoms with Gasteiger partial charge in [-0.3, -0.25) is 14.5 Å². The molecule has 0 bridgehead atoms. The smallest absolute Gasteiger partial charge is 0.309 e. The van der Waals surface area contributed by atoms with Crippen molar-refractivity contribution in [2.45, 2.75) is 6.04 Å². The molecule has 1 atom stereocenters. The molecule has 2 amide bonds. The first-order chi connectivity index (χ1) is 15.5. The van der Waals surface area contributed by atoms with Gasteiger partial charge in [0.05, 0.1) is 12.6 Å². The molecule has 8 heteroatoms. The number of hydrogen-bond acceptors (Lipinski definition) is 6. The van der Waals surface area contributed by atoms with Crippen LogP contribution in [0.5, 0.6) is 0 Å². The second kappa shape index (κ2) is 11.5. The molecule has 0 aliphatic carbocycles. The highest BCUT2D eigenvalue weighted by atomic mass is 16.3. The third kappa shape index (κ3) is 6.21. The first kappa shape index (κ1) is 23.6. The zero-order valence-corrected chi connectivity index (χ0v) is 18.8. The Hall–Kier alpha value is -3.10. The Bertz CT molecular complexity index is 865. The van der Waals surface area contributed by atoms with Crippen molar-refractivity contribution in [1.29, 1.82) is 0 Å². The molecule has 1 aliphatic heterocycles. The van der Waals surface area contributed by atoms with Gasteiger partial charge in [-0.25, -0.2) is 0 Å². The van der Waals surface area contributed by atoms with Crippen molar-refractivity contribution in [2.75, 3.05) is 69.8 Å². The molecule has 0 saturated carbocycles. The average molecular weight is 440 g/mol. The second-order valence-corrected chi connectivity index (χ2v) is 8.05. The third-order valence-electron chi connectivity index (χ3n) is 5.73. The number of anilines is 2. The number of para-hydroxylation sites is 1. The van der Waals surface area contributed by atoms with Crippen molar-refractivity contribution >= 4 is 23.2 Å². The minimum Gasteiger partial charge on any atom is -0.395 e. The van der Waals surface area contributed by atoms with E-state index in [9.17, 15) is 9.59 Å². The van der Waals surface area contributed by atoms with Crippen LogP contribution in [-0.4, -0.2) is 81.8 Å². The summed E-state index contributed by atoms with van der Waals surface area (Å²) in [6.07, 6.45) is 0. The molecular formula is C24H33N5O3. The normalized spacial score (nSPS) is 15.2. The summed E-state index contributed by atoms with van der Waals surface area (Å²) in [5.41, 5.74) is 3.42. The van der Waals surface area contributed by atoms with Crippen molar-refractivity contribution in [3.63, 3.8) is 0 Å². The lowest BCUT2D eigenvalue weighted by atomic mass is 10.0. The molecule has 2 aromatic carbocycles. The SMILES string of the molecule is CN(C)c1ccc(C(CNC(=O)C(=O)NCCO)N2CCN(c3ccccc3)CC2)cc1. The number of piperazine rings is 1. The molecule has 3 N–H and O–H groups in total. The molecule has 1 heterocycles.